The first-order chi connectivity index (χ1) is 17.4. The van der Waals surface area contributed by atoms with Crippen molar-refractivity contribution in [2.75, 3.05) is 7.15 Å². The van der Waals surface area contributed by atoms with Crippen LogP contribution in [0.3, 0.4) is 0 Å². The van der Waals surface area contributed by atoms with Crippen LogP contribution >= 0.6 is 34.8 Å². The number of aliphatic carboxylic acids is 1. The predicted octanol–water partition coefficient (Wildman–Crippen LogP) is 7.22. The number of ketones is 1. The van der Waals surface area contributed by atoms with Gasteiger partial charge in [0.1, 0.15) is 5.60 Å². The van der Waals surface area contributed by atoms with Gasteiger partial charge in [0.05, 0.1) is 19.7 Å². The van der Waals surface area contributed by atoms with Crippen molar-refractivity contribution in [3.8, 4) is 0 Å². The summed E-state index contributed by atoms with van der Waals surface area (Å²) >= 11 is 15.8. The molecule has 1 unspecified atom stereocenters. The van der Waals surface area contributed by atoms with Crippen LogP contribution in [0, 0.1) is 58.2 Å². The molecule has 2 N–H and O–H groups in total. The second kappa shape index (κ2) is 14.7. The van der Waals surface area contributed by atoms with Crippen molar-refractivity contribution in [3.05, 3.63) is 69.3 Å². The number of halogens is 14. The fourth-order valence-electron chi connectivity index (χ4n) is 2.09. The van der Waals surface area contributed by atoms with E-state index in [0.717, 1.165) is 6.92 Å². The summed E-state index contributed by atoms with van der Waals surface area (Å²) < 4.78 is 141. The van der Waals surface area contributed by atoms with Gasteiger partial charge in [-0.05, 0) is 13.8 Å². The number of alkyl halides is 4. The number of aliphatic hydroxyl groups is 1. The molecule has 2 aromatic rings. The van der Waals surface area contributed by atoms with Crippen molar-refractivity contribution in [2.45, 2.75) is 30.2 Å². The quantitative estimate of drug-likeness (QED) is 0.120. The number of Topliss-reactive ketones (excluding diaryl/α,β-unsaturated/α-hetero) is 1. The number of hydrogen-bond acceptors (Lipinski definition) is 3. The van der Waals surface area contributed by atoms with Gasteiger partial charge < -0.3 is 10.2 Å². The molecule has 38 heavy (non-hydrogen) atoms. The lowest BCUT2D eigenvalue weighted by Crippen LogP contribution is -2.39. The summed E-state index contributed by atoms with van der Waals surface area (Å²) in [6, 6.07) is 0. The first-order valence-corrected chi connectivity index (χ1v) is 9.96. The molecule has 0 saturated heterocycles. The molecule has 0 aromatic heterocycles. The molecule has 0 aliphatic rings. The Morgan fingerprint density at radius 3 is 1.11 bits per heavy atom. The molecule has 0 bridgehead atoms. The Labute approximate surface area is 222 Å². The van der Waals surface area contributed by atoms with Crippen LogP contribution in [0.5, 0.6) is 0 Å². The molecule has 0 amide bonds. The Balaban J connectivity index is 0. The molecule has 18 heteroatoms. The lowest BCUT2D eigenvalue weighted by Gasteiger charge is -2.31. The molecule has 4 nitrogen and oxygen atoms in total. The number of carboxylic acid groups (broad SMARTS) is 1. The van der Waals surface area contributed by atoms with Crippen LogP contribution in [0.15, 0.2) is 0 Å². The SMILES string of the molecule is CC(=O)O.CC(=O)c1c(F)c(F)c(F)c(F)c1F.CC(O)(c1c(F)c(F)c(F)c(F)c1F)C(Cl)(Cl)Cl.[2H]CF. The van der Waals surface area contributed by atoms with Crippen LogP contribution in [0.25, 0.3) is 0 Å². The molecule has 0 radical (unpaired) electrons. The van der Waals surface area contributed by atoms with Gasteiger partial charge in [-0.2, -0.15) is 0 Å². The molecular formula is C20H14Cl3F11O4. The predicted molar refractivity (Wildman–Crippen MR) is 113 cm³/mol. The summed E-state index contributed by atoms with van der Waals surface area (Å²) in [5, 5.41) is 17.1. The fourth-order valence-corrected chi connectivity index (χ4v) is 2.37. The lowest BCUT2D eigenvalue weighted by molar-refractivity contribution is -0.134. The Kier molecular flexibility index (Phi) is 13.8. The van der Waals surface area contributed by atoms with E-state index in [1.165, 1.54) is 0 Å². The molecule has 0 spiro atoms. The molecule has 0 aliphatic heterocycles. The minimum absolute atomic E-state index is 0.609. The average molecular weight is 635 g/mol. The van der Waals surface area contributed by atoms with Crippen LogP contribution < -0.4 is 0 Å². The normalized spacial score (nSPS) is 12.4. The molecule has 2 rings (SSSR count). The van der Waals surface area contributed by atoms with E-state index in [9.17, 15) is 58.2 Å². The minimum atomic E-state index is -2.92. The van der Waals surface area contributed by atoms with Crippen LogP contribution in [0.2, 0.25) is 0 Å². The monoisotopic (exact) mass is 633 g/mol. The minimum Gasteiger partial charge on any atom is -0.481 e. The number of carbonyl (C=O) groups excluding carboxylic acids is 1. The number of hydrogen-bond donors (Lipinski definition) is 2. The average Bonchev–Trinajstić information content (AvgIpc) is 2.78. The topological polar surface area (TPSA) is 74.6 Å². The van der Waals surface area contributed by atoms with Crippen molar-refractivity contribution < 1.29 is 69.5 Å². The van der Waals surface area contributed by atoms with E-state index in [4.69, 9.17) is 46.1 Å². The highest BCUT2D eigenvalue weighted by Crippen LogP contribution is 2.47. The van der Waals surface area contributed by atoms with Gasteiger partial charge in [0.25, 0.3) is 5.97 Å². The molecule has 0 saturated carbocycles. The van der Waals surface area contributed by atoms with Gasteiger partial charge in [0, 0.05) is 6.92 Å². The van der Waals surface area contributed by atoms with E-state index in [1.54, 1.807) is 0 Å². The Bertz CT molecular complexity index is 1150. The van der Waals surface area contributed by atoms with Gasteiger partial charge in [-0.15, -0.1) is 0 Å². The van der Waals surface area contributed by atoms with Crippen molar-refractivity contribution in [1.29, 1.82) is 0 Å². The maximum Gasteiger partial charge on any atom is 0.300 e. The van der Waals surface area contributed by atoms with E-state index in [0.29, 0.717) is 13.8 Å². The molecule has 216 valence electrons. The number of benzene rings is 2. The standard InChI is InChI=1S/C9H4Cl3F5O.C8H3F5O.C2H4O2.CH3F/c1-8(18,9(10,11)12)2-3(13)5(15)7(17)6(16)4(2)14;1-2(14)3-4(9)6(11)8(13)7(12)5(3)10;1-2(3)4;1-2/h18H,1H3;1H3;1H3,(H,3,4);1H3/i;;;1D. The van der Waals surface area contributed by atoms with Crippen LogP contribution in [0.1, 0.15) is 38.1 Å². The zero-order valence-electron chi connectivity index (χ0n) is 19.7. The van der Waals surface area contributed by atoms with Gasteiger partial charge >= 0.3 is 0 Å². The largest absolute Gasteiger partial charge is 0.481 e. The molecule has 0 aliphatic carbocycles. The van der Waals surface area contributed by atoms with E-state index in [1.807, 2.05) is 0 Å². The number of carbonyl (C=O) groups is 2. The maximum atomic E-state index is 13.4. The van der Waals surface area contributed by atoms with Crippen LogP contribution in [-0.2, 0) is 10.4 Å². The number of carboxylic acids is 1. The third kappa shape index (κ3) is 8.58. The lowest BCUT2D eigenvalue weighted by atomic mass is 9.95. The zero-order chi connectivity index (χ0) is 31.8. The first-order valence-electron chi connectivity index (χ1n) is 9.54. The summed E-state index contributed by atoms with van der Waals surface area (Å²) in [6.45, 7) is 2.40. The van der Waals surface area contributed by atoms with Crippen molar-refractivity contribution in [1.82, 2.24) is 0 Å². The Morgan fingerprint density at radius 1 is 0.684 bits per heavy atom. The van der Waals surface area contributed by atoms with E-state index < -0.39 is 97.6 Å². The van der Waals surface area contributed by atoms with E-state index >= 15 is 0 Å². The van der Waals surface area contributed by atoms with Crippen molar-refractivity contribution in [2.24, 2.45) is 0 Å². The summed E-state index contributed by atoms with van der Waals surface area (Å²) in [6.07, 6.45) is 0. The summed E-state index contributed by atoms with van der Waals surface area (Å²) in [5.74, 6) is -24.1. The Hall–Kier alpha value is -2.36. The zero-order valence-corrected chi connectivity index (χ0v) is 21.0. The van der Waals surface area contributed by atoms with Crippen LogP contribution in [-0.4, -0.2) is 32.9 Å². The van der Waals surface area contributed by atoms with Crippen molar-refractivity contribution >= 4 is 46.6 Å². The summed E-state index contributed by atoms with van der Waals surface area (Å²) in [5.41, 5.74) is -5.94. The second-order valence-corrected chi connectivity index (χ2v) is 8.82. The fraction of sp³-hybridized carbons (Fsp3) is 0.300. The van der Waals surface area contributed by atoms with Gasteiger partial charge in [-0.25, -0.2) is 43.9 Å². The number of rotatable bonds is 2. The van der Waals surface area contributed by atoms with Gasteiger partial charge in [0.2, 0.25) is 15.4 Å². The first kappa shape index (κ1) is 35.6. The molecule has 0 heterocycles. The highest BCUT2D eigenvalue weighted by molar-refractivity contribution is 6.68. The third-order valence-corrected chi connectivity index (χ3v) is 4.91. The van der Waals surface area contributed by atoms with Crippen molar-refractivity contribution in [3.63, 3.8) is 0 Å². The molecule has 2 aromatic carbocycles. The third-order valence-electron chi connectivity index (χ3n) is 3.81. The smallest absolute Gasteiger partial charge is 0.300 e. The van der Waals surface area contributed by atoms with Gasteiger partial charge in [-0.3, -0.25) is 14.0 Å². The maximum absolute atomic E-state index is 13.4. The highest BCUT2D eigenvalue weighted by Gasteiger charge is 2.49. The molecule has 1 atom stereocenters. The van der Waals surface area contributed by atoms with E-state index in [2.05, 4.69) is 0 Å². The summed E-state index contributed by atoms with van der Waals surface area (Å²) in [4.78, 5) is 19.6. The van der Waals surface area contributed by atoms with E-state index in [-0.39, 0.29) is 0 Å². The second-order valence-electron chi connectivity index (χ2n) is 6.53. The molecular weight excluding hydrogens is 620 g/mol. The van der Waals surface area contributed by atoms with Gasteiger partial charge in [0.15, 0.2) is 52.3 Å². The van der Waals surface area contributed by atoms with Gasteiger partial charge in [-0.1, -0.05) is 34.8 Å². The molecule has 0 fully saturated rings. The Morgan fingerprint density at radius 2 is 0.895 bits per heavy atom. The van der Waals surface area contributed by atoms with Crippen LogP contribution in [0.4, 0.5) is 48.3 Å². The summed E-state index contributed by atoms with van der Waals surface area (Å²) in [7, 11) is -1.00. The highest BCUT2D eigenvalue weighted by atomic mass is 35.6.